The normalized spacial score (nSPS) is 15.3. The van der Waals surface area contributed by atoms with E-state index < -0.39 is 30.4 Å². The lowest BCUT2D eigenvalue weighted by Crippen LogP contribution is -2.53. The molecule has 0 spiro atoms. The van der Waals surface area contributed by atoms with Crippen LogP contribution in [-0.4, -0.2) is 47.5 Å². The fourth-order valence-corrected chi connectivity index (χ4v) is 3.23. The Labute approximate surface area is 178 Å². The summed E-state index contributed by atoms with van der Waals surface area (Å²) in [5, 5.41) is 10.9. The first-order valence-electron chi connectivity index (χ1n) is 8.43. The van der Waals surface area contributed by atoms with Crippen LogP contribution in [-0.2, 0) is 20.9 Å². The molecule has 2 heterocycles. The summed E-state index contributed by atoms with van der Waals surface area (Å²) < 4.78 is 15.9. The molecule has 1 fully saturated rings. The number of urea groups is 1. The van der Waals surface area contributed by atoms with Crippen LogP contribution < -0.4 is 14.8 Å². The van der Waals surface area contributed by atoms with Gasteiger partial charge in [0, 0.05) is 0 Å². The molecule has 3 rings (SSSR count). The second kappa shape index (κ2) is 8.82. The van der Waals surface area contributed by atoms with E-state index in [2.05, 4.69) is 21.2 Å². The van der Waals surface area contributed by atoms with Crippen molar-refractivity contribution < 1.29 is 38.2 Å². The van der Waals surface area contributed by atoms with Crippen molar-refractivity contribution in [2.75, 3.05) is 13.7 Å². The summed E-state index contributed by atoms with van der Waals surface area (Å²) in [5.74, 6) is -2.10. The van der Waals surface area contributed by atoms with Crippen molar-refractivity contribution in [3.8, 4) is 11.5 Å². The molecule has 0 aliphatic carbocycles. The number of halogens is 1. The van der Waals surface area contributed by atoms with Crippen molar-refractivity contribution in [2.24, 2.45) is 0 Å². The summed E-state index contributed by atoms with van der Waals surface area (Å²) in [7, 11) is 1.36. The number of amides is 4. The van der Waals surface area contributed by atoms with E-state index in [9.17, 15) is 19.2 Å². The highest BCUT2D eigenvalue weighted by molar-refractivity contribution is 9.10. The topological polar surface area (TPSA) is 135 Å². The molecule has 0 radical (unpaired) electrons. The Morgan fingerprint density at radius 2 is 2.10 bits per heavy atom. The molecule has 156 valence electrons. The first-order valence-corrected chi connectivity index (χ1v) is 9.23. The summed E-state index contributed by atoms with van der Waals surface area (Å²) in [6.45, 7) is -0.725. The van der Waals surface area contributed by atoms with E-state index in [4.69, 9.17) is 19.0 Å². The van der Waals surface area contributed by atoms with Crippen molar-refractivity contribution in [2.45, 2.75) is 6.54 Å². The van der Waals surface area contributed by atoms with Crippen molar-refractivity contribution >= 4 is 45.8 Å². The maximum absolute atomic E-state index is 12.8. The number of imide groups is 2. The lowest BCUT2D eigenvalue weighted by atomic mass is 10.1. The van der Waals surface area contributed by atoms with Gasteiger partial charge in [-0.15, -0.1) is 0 Å². The Morgan fingerprint density at radius 3 is 2.73 bits per heavy atom. The summed E-state index contributed by atoms with van der Waals surface area (Å²) in [4.78, 5) is 48.7. The molecule has 1 aromatic heterocycles. The number of methoxy groups -OCH3 is 1. The number of benzene rings is 1. The van der Waals surface area contributed by atoms with Crippen LogP contribution in [0.3, 0.4) is 0 Å². The first kappa shape index (κ1) is 21.1. The standard InChI is InChI=1S/C19H15BrN2O8/c1-28-14-7-10(6-13(20)16(14)30-9-15(23)24)5-12-17(25)21-19(27)22(18(12)26)8-11-3-2-4-29-11/h2-7H,8-9H2,1H3,(H,23,24)(H,21,25,27)/b12-5+. The van der Waals surface area contributed by atoms with E-state index in [1.807, 2.05) is 0 Å². The van der Waals surface area contributed by atoms with Gasteiger partial charge >= 0.3 is 12.0 Å². The summed E-state index contributed by atoms with van der Waals surface area (Å²) >= 11 is 3.26. The number of nitrogens with zero attached hydrogens (tertiary/aromatic N) is 1. The Bertz CT molecular complexity index is 1050. The molecule has 1 aromatic carbocycles. The van der Waals surface area contributed by atoms with Crippen LogP contribution in [0, 0.1) is 0 Å². The maximum Gasteiger partial charge on any atom is 0.341 e. The van der Waals surface area contributed by atoms with E-state index in [1.54, 1.807) is 12.1 Å². The average Bonchev–Trinajstić information content (AvgIpc) is 3.20. The van der Waals surface area contributed by atoms with E-state index in [1.165, 1.54) is 31.6 Å². The first-order chi connectivity index (χ1) is 14.3. The van der Waals surface area contributed by atoms with Crippen LogP contribution in [0.2, 0.25) is 0 Å². The number of hydrogen-bond donors (Lipinski definition) is 2. The summed E-state index contributed by atoms with van der Waals surface area (Å²) in [6, 6.07) is 5.33. The van der Waals surface area contributed by atoms with Gasteiger partial charge in [-0.1, -0.05) is 0 Å². The molecule has 0 saturated carbocycles. The minimum absolute atomic E-state index is 0.142. The second-order valence-corrected chi connectivity index (χ2v) is 6.86. The Balaban J connectivity index is 1.92. The Kier molecular flexibility index (Phi) is 6.21. The molecule has 0 unspecified atom stereocenters. The predicted molar refractivity (Wildman–Crippen MR) is 105 cm³/mol. The molecular formula is C19H15BrN2O8. The highest BCUT2D eigenvalue weighted by Crippen LogP contribution is 2.37. The predicted octanol–water partition coefficient (Wildman–Crippen LogP) is 2.18. The van der Waals surface area contributed by atoms with Gasteiger partial charge in [-0.3, -0.25) is 19.8 Å². The number of furan rings is 1. The molecule has 11 heteroatoms. The van der Waals surface area contributed by atoms with Gasteiger partial charge in [-0.05, 0) is 51.8 Å². The quantitative estimate of drug-likeness (QED) is 0.456. The molecular weight excluding hydrogens is 464 g/mol. The van der Waals surface area contributed by atoms with Gasteiger partial charge in [0.25, 0.3) is 11.8 Å². The number of carboxylic acids is 1. The number of aliphatic carboxylic acids is 1. The number of carboxylic acid groups (broad SMARTS) is 1. The number of nitrogens with one attached hydrogen (secondary N) is 1. The van der Waals surface area contributed by atoms with Gasteiger partial charge in [0.05, 0.1) is 24.4 Å². The molecule has 2 aromatic rings. The number of carbonyl (C=O) groups excluding carboxylic acids is 3. The lowest BCUT2D eigenvalue weighted by Gasteiger charge is -2.25. The minimum Gasteiger partial charge on any atom is -0.493 e. The molecule has 1 aliphatic rings. The third-order valence-electron chi connectivity index (χ3n) is 3.98. The smallest absolute Gasteiger partial charge is 0.341 e. The summed E-state index contributed by atoms with van der Waals surface area (Å²) in [6.07, 6.45) is 2.69. The number of barbiturate groups is 1. The van der Waals surface area contributed by atoms with Crippen molar-refractivity contribution in [3.05, 3.63) is 51.9 Å². The zero-order valence-electron chi connectivity index (χ0n) is 15.5. The highest BCUT2D eigenvalue weighted by Gasteiger charge is 2.36. The monoisotopic (exact) mass is 478 g/mol. The van der Waals surface area contributed by atoms with Gasteiger partial charge in [-0.25, -0.2) is 9.59 Å². The van der Waals surface area contributed by atoms with Gasteiger partial charge < -0.3 is 19.0 Å². The molecule has 0 bridgehead atoms. The number of carbonyl (C=O) groups is 4. The van der Waals surface area contributed by atoms with Crippen LogP contribution in [0.15, 0.2) is 45.0 Å². The SMILES string of the molecule is COc1cc(/C=C2\C(=O)NC(=O)N(Cc3ccco3)C2=O)cc(Br)c1OCC(=O)O. The Morgan fingerprint density at radius 1 is 1.33 bits per heavy atom. The van der Waals surface area contributed by atoms with Crippen molar-refractivity contribution in [3.63, 3.8) is 0 Å². The van der Waals surface area contributed by atoms with Crippen molar-refractivity contribution in [1.29, 1.82) is 0 Å². The van der Waals surface area contributed by atoms with Gasteiger partial charge in [0.15, 0.2) is 18.1 Å². The molecule has 30 heavy (non-hydrogen) atoms. The van der Waals surface area contributed by atoms with Gasteiger partial charge in [-0.2, -0.15) is 0 Å². The third-order valence-corrected chi connectivity index (χ3v) is 4.57. The minimum atomic E-state index is -1.17. The lowest BCUT2D eigenvalue weighted by molar-refractivity contribution is -0.139. The third kappa shape index (κ3) is 4.51. The molecule has 1 saturated heterocycles. The maximum atomic E-state index is 12.8. The largest absolute Gasteiger partial charge is 0.493 e. The summed E-state index contributed by atoms with van der Waals surface area (Å²) in [5.41, 5.74) is 0.113. The molecule has 0 atom stereocenters. The molecule has 10 nitrogen and oxygen atoms in total. The molecule has 4 amide bonds. The zero-order valence-corrected chi connectivity index (χ0v) is 17.1. The zero-order chi connectivity index (χ0) is 21.8. The number of hydrogen-bond acceptors (Lipinski definition) is 7. The van der Waals surface area contributed by atoms with Gasteiger partial charge in [0.2, 0.25) is 0 Å². The van der Waals surface area contributed by atoms with Crippen LogP contribution in [0.1, 0.15) is 11.3 Å². The highest BCUT2D eigenvalue weighted by atomic mass is 79.9. The average molecular weight is 479 g/mol. The molecule has 2 N–H and O–H groups in total. The van der Waals surface area contributed by atoms with E-state index in [-0.39, 0.29) is 23.6 Å². The van der Waals surface area contributed by atoms with Crippen LogP contribution in [0.5, 0.6) is 11.5 Å². The Hall–Kier alpha value is -3.60. The van der Waals surface area contributed by atoms with Crippen LogP contribution in [0.25, 0.3) is 6.08 Å². The van der Waals surface area contributed by atoms with Crippen LogP contribution in [0.4, 0.5) is 4.79 Å². The fraction of sp³-hybridized carbons (Fsp3) is 0.158. The molecule has 1 aliphatic heterocycles. The van der Waals surface area contributed by atoms with Crippen LogP contribution >= 0.6 is 15.9 Å². The van der Waals surface area contributed by atoms with Crippen molar-refractivity contribution in [1.82, 2.24) is 10.2 Å². The van der Waals surface area contributed by atoms with Gasteiger partial charge in [0.1, 0.15) is 11.3 Å². The number of ether oxygens (including phenoxy) is 2. The number of rotatable bonds is 7. The second-order valence-electron chi connectivity index (χ2n) is 6.00. The fourth-order valence-electron chi connectivity index (χ4n) is 2.66. The van der Waals surface area contributed by atoms with E-state index >= 15 is 0 Å². The van der Waals surface area contributed by atoms with E-state index in [0.717, 1.165) is 4.90 Å². The van der Waals surface area contributed by atoms with E-state index in [0.29, 0.717) is 15.8 Å².